The summed E-state index contributed by atoms with van der Waals surface area (Å²) in [4.78, 5) is 2.50. The average Bonchev–Trinajstić information content (AvgIpc) is 2.80. The third-order valence-corrected chi connectivity index (χ3v) is 4.07. The van der Waals surface area contributed by atoms with E-state index in [-0.39, 0.29) is 0 Å². The van der Waals surface area contributed by atoms with Crippen LogP contribution in [0.25, 0.3) is 0 Å². The molecule has 1 atom stereocenters. The molecule has 0 amide bonds. The summed E-state index contributed by atoms with van der Waals surface area (Å²) in [5.74, 6) is 0.737. The Morgan fingerprint density at radius 2 is 2.28 bits per heavy atom. The summed E-state index contributed by atoms with van der Waals surface area (Å²) in [7, 11) is 0. The minimum atomic E-state index is 0.629. The summed E-state index contributed by atoms with van der Waals surface area (Å²) in [5, 5.41) is 4.13. The van der Waals surface area contributed by atoms with Crippen LogP contribution < -0.4 is 11.1 Å². The van der Waals surface area contributed by atoms with E-state index in [4.69, 9.17) is 17.3 Å². The molecule has 18 heavy (non-hydrogen) atoms. The van der Waals surface area contributed by atoms with Crippen LogP contribution in [0.1, 0.15) is 18.9 Å². The van der Waals surface area contributed by atoms with Crippen molar-refractivity contribution in [3.8, 4) is 0 Å². The van der Waals surface area contributed by atoms with Gasteiger partial charge in [-0.05, 0) is 50.0 Å². The van der Waals surface area contributed by atoms with Crippen molar-refractivity contribution in [3.05, 3.63) is 22.7 Å². The predicted molar refractivity (Wildman–Crippen MR) is 79.3 cm³/mol. The van der Waals surface area contributed by atoms with Crippen molar-refractivity contribution in [2.75, 3.05) is 37.2 Å². The van der Waals surface area contributed by atoms with E-state index in [1.54, 1.807) is 0 Å². The average molecular weight is 268 g/mol. The number of nitrogens with zero attached hydrogens (tertiary/aromatic N) is 1. The second kappa shape index (κ2) is 5.81. The van der Waals surface area contributed by atoms with Gasteiger partial charge in [0.05, 0.1) is 10.7 Å². The Morgan fingerprint density at radius 3 is 2.94 bits per heavy atom. The Labute approximate surface area is 114 Å². The zero-order chi connectivity index (χ0) is 13.1. The Morgan fingerprint density at radius 1 is 1.50 bits per heavy atom. The van der Waals surface area contributed by atoms with Crippen molar-refractivity contribution in [1.82, 2.24) is 4.90 Å². The molecule has 1 aliphatic rings. The molecule has 0 spiro atoms. The minimum absolute atomic E-state index is 0.629. The maximum atomic E-state index is 6.05. The third kappa shape index (κ3) is 3.09. The van der Waals surface area contributed by atoms with Crippen LogP contribution in [0.4, 0.5) is 11.4 Å². The fourth-order valence-electron chi connectivity index (χ4n) is 2.52. The number of aryl methyl sites for hydroxylation is 1. The topological polar surface area (TPSA) is 41.3 Å². The molecule has 0 bridgehead atoms. The quantitative estimate of drug-likeness (QED) is 0.824. The van der Waals surface area contributed by atoms with Crippen LogP contribution >= 0.6 is 11.6 Å². The van der Waals surface area contributed by atoms with Crippen LogP contribution in [0.3, 0.4) is 0 Å². The molecule has 1 unspecified atom stereocenters. The van der Waals surface area contributed by atoms with E-state index in [1.165, 1.54) is 19.5 Å². The SMILES string of the molecule is CCN1CCC(CNc2cc(Cl)c(N)cc2C)C1. The fraction of sp³-hybridized carbons (Fsp3) is 0.571. The first-order chi connectivity index (χ1) is 8.60. The highest BCUT2D eigenvalue weighted by molar-refractivity contribution is 6.33. The van der Waals surface area contributed by atoms with E-state index < -0.39 is 0 Å². The highest BCUT2D eigenvalue weighted by Gasteiger charge is 2.20. The minimum Gasteiger partial charge on any atom is -0.398 e. The van der Waals surface area contributed by atoms with E-state index in [0.717, 1.165) is 30.3 Å². The van der Waals surface area contributed by atoms with Crippen LogP contribution in [0.2, 0.25) is 5.02 Å². The number of halogens is 1. The Kier molecular flexibility index (Phi) is 4.36. The van der Waals surface area contributed by atoms with Crippen molar-refractivity contribution >= 4 is 23.0 Å². The number of nitrogens with one attached hydrogen (secondary N) is 1. The molecule has 2 rings (SSSR count). The molecule has 1 aromatic rings. The zero-order valence-electron chi connectivity index (χ0n) is 11.2. The molecule has 1 saturated heterocycles. The molecule has 0 saturated carbocycles. The van der Waals surface area contributed by atoms with Gasteiger partial charge in [0.15, 0.2) is 0 Å². The number of nitrogens with two attached hydrogens (primary N) is 1. The van der Waals surface area contributed by atoms with Gasteiger partial charge in [-0.2, -0.15) is 0 Å². The van der Waals surface area contributed by atoms with Gasteiger partial charge in [-0.1, -0.05) is 18.5 Å². The molecular formula is C14H22ClN3. The highest BCUT2D eigenvalue weighted by Crippen LogP contribution is 2.27. The van der Waals surface area contributed by atoms with Crippen LogP contribution in [-0.4, -0.2) is 31.1 Å². The summed E-state index contributed by atoms with van der Waals surface area (Å²) in [6.45, 7) is 8.87. The molecule has 1 aliphatic heterocycles. The summed E-state index contributed by atoms with van der Waals surface area (Å²) < 4.78 is 0. The number of anilines is 2. The standard InChI is InChI=1S/C14H22ClN3/c1-3-18-5-4-11(9-18)8-17-14-7-12(15)13(16)6-10(14)2/h6-7,11,17H,3-5,8-9,16H2,1-2H3. The van der Waals surface area contributed by atoms with Gasteiger partial charge in [-0.25, -0.2) is 0 Å². The molecule has 1 aromatic carbocycles. The van der Waals surface area contributed by atoms with E-state index in [0.29, 0.717) is 10.7 Å². The summed E-state index contributed by atoms with van der Waals surface area (Å²) in [6, 6.07) is 3.86. The van der Waals surface area contributed by atoms with Gasteiger partial charge in [0.25, 0.3) is 0 Å². The van der Waals surface area contributed by atoms with Crippen LogP contribution in [0.15, 0.2) is 12.1 Å². The largest absolute Gasteiger partial charge is 0.398 e. The number of hydrogen-bond acceptors (Lipinski definition) is 3. The first-order valence-corrected chi connectivity index (χ1v) is 6.99. The van der Waals surface area contributed by atoms with Crippen molar-refractivity contribution in [1.29, 1.82) is 0 Å². The molecule has 1 fully saturated rings. The lowest BCUT2D eigenvalue weighted by Crippen LogP contribution is -2.22. The number of hydrogen-bond donors (Lipinski definition) is 2. The third-order valence-electron chi connectivity index (χ3n) is 3.74. The number of benzene rings is 1. The molecule has 4 heteroatoms. The number of rotatable bonds is 4. The molecule has 0 aliphatic carbocycles. The van der Waals surface area contributed by atoms with E-state index >= 15 is 0 Å². The molecule has 0 radical (unpaired) electrons. The second-order valence-corrected chi connectivity index (χ2v) is 5.52. The molecule has 1 heterocycles. The van der Waals surface area contributed by atoms with Crippen molar-refractivity contribution in [3.63, 3.8) is 0 Å². The Bertz CT molecular complexity index is 420. The van der Waals surface area contributed by atoms with Gasteiger partial charge < -0.3 is 16.0 Å². The summed E-state index contributed by atoms with van der Waals surface area (Å²) in [6.07, 6.45) is 1.28. The smallest absolute Gasteiger partial charge is 0.0656 e. The molecular weight excluding hydrogens is 246 g/mol. The maximum absolute atomic E-state index is 6.05. The van der Waals surface area contributed by atoms with E-state index in [2.05, 4.69) is 24.1 Å². The monoisotopic (exact) mass is 267 g/mol. The van der Waals surface area contributed by atoms with Crippen molar-refractivity contribution in [2.24, 2.45) is 5.92 Å². The molecule has 3 nitrogen and oxygen atoms in total. The lowest BCUT2D eigenvalue weighted by Gasteiger charge is -2.16. The molecule has 3 N–H and O–H groups in total. The van der Waals surface area contributed by atoms with Crippen LogP contribution in [-0.2, 0) is 0 Å². The van der Waals surface area contributed by atoms with E-state index in [9.17, 15) is 0 Å². The van der Waals surface area contributed by atoms with Crippen LogP contribution in [0.5, 0.6) is 0 Å². The maximum Gasteiger partial charge on any atom is 0.0656 e. The van der Waals surface area contributed by atoms with Gasteiger partial charge in [0, 0.05) is 18.8 Å². The van der Waals surface area contributed by atoms with Crippen molar-refractivity contribution in [2.45, 2.75) is 20.3 Å². The summed E-state index contributed by atoms with van der Waals surface area (Å²) in [5.41, 5.74) is 8.68. The predicted octanol–water partition coefficient (Wildman–Crippen LogP) is 2.98. The second-order valence-electron chi connectivity index (χ2n) is 5.12. The normalized spacial score (nSPS) is 20.3. The van der Waals surface area contributed by atoms with Gasteiger partial charge in [-0.15, -0.1) is 0 Å². The lowest BCUT2D eigenvalue weighted by molar-refractivity contribution is 0.345. The zero-order valence-corrected chi connectivity index (χ0v) is 11.9. The first kappa shape index (κ1) is 13.5. The van der Waals surface area contributed by atoms with Gasteiger partial charge >= 0.3 is 0 Å². The lowest BCUT2D eigenvalue weighted by atomic mass is 10.1. The van der Waals surface area contributed by atoms with E-state index in [1.807, 2.05) is 12.1 Å². The van der Waals surface area contributed by atoms with Crippen LogP contribution in [0, 0.1) is 12.8 Å². The fourth-order valence-corrected chi connectivity index (χ4v) is 2.68. The highest BCUT2D eigenvalue weighted by atomic mass is 35.5. The Hall–Kier alpha value is -0.930. The first-order valence-electron chi connectivity index (χ1n) is 6.62. The molecule has 0 aromatic heterocycles. The molecule has 100 valence electrons. The summed E-state index contributed by atoms with van der Waals surface area (Å²) >= 11 is 6.05. The Balaban J connectivity index is 1.93. The number of nitrogen functional groups attached to an aromatic ring is 1. The van der Waals surface area contributed by atoms with Crippen molar-refractivity contribution < 1.29 is 0 Å². The van der Waals surface area contributed by atoms with Gasteiger partial charge in [0.2, 0.25) is 0 Å². The van der Waals surface area contributed by atoms with Gasteiger partial charge in [0.1, 0.15) is 0 Å². The van der Waals surface area contributed by atoms with Gasteiger partial charge in [-0.3, -0.25) is 0 Å². The number of likely N-dealkylation sites (tertiary alicyclic amines) is 1.